The van der Waals surface area contributed by atoms with Gasteiger partial charge < -0.3 is 5.73 Å². The van der Waals surface area contributed by atoms with Gasteiger partial charge in [-0.15, -0.1) is 0 Å². The molecule has 0 unspecified atom stereocenters. The van der Waals surface area contributed by atoms with Crippen LogP contribution >= 0.6 is 0 Å². The minimum atomic E-state index is 0.498. The quantitative estimate of drug-likeness (QED) is 0.765. The molecule has 0 saturated heterocycles. The molecule has 3 aromatic rings. The Hall–Kier alpha value is -2.43. The largest absolute Gasteiger partial charge is 0.383 e. The SMILES string of the molecule is CCCCn1nc(-c2c(C)c(C)c(C)c(C)c2C)c2c(N)ncnc21. The smallest absolute Gasteiger partial charge is 0.163 e. The molecule has 25 heavy (non-hydrogen) atoms. The number of nitrogens with zero attached hydrogens (tertiary/aromatic N) is 4. The molecule has 3 rings (SSSR count). The van der Waals surface area contributed by atoms with Gasteiger partial charge in [0, 0.05) is 12.1 Å². The van der Waals surface area contributed by atoms with Crippen molar-refractivity contribution in [2.45, 2.75) is 60.9 Å². The van der Waals surface area contributed by atoms with Crippen molar-refractivity contribution in [2.75, 3.05) is 5.73 Å². The zero-order valence-electron chi connectivity index (χ0n) is 16.1. The fourth-order valence-electron chi connectivity index (χ4n) is 3.52. The Balaban J connectivity index is 2.38. The molecule has 5 nitrogen and oxygen atoms in total. The van der Waals surface area contributed by atoms with E-state index in [4.69, 9.17) is 10.8 Å². The lowest BCUT2D eigenvalue weighted by Gasteiger charge is -2.17. The molecule has 5 heteroatoms. The predicted molar refractivity (Wildman–Crippen MR) is 104 cm³/mol. The van der Waals surface area contributed by atoms with E-state index in [1.807, 2.05) is 4.68 Å². The molecule has 132 valence electrons. The molecule has 0 bridgehead atoms. The third-order valence-corrected chi connectivity index (χ3v) is 5.52. The second-order valence-corrected chi connectivity index (χ2v) is 6.88. The summed E-state index contributed by atoms with van der Waals surface area (Å²) in [5, 5.41) is 5.79. The lowest BCUT2D eigenvalue weighted by molar-refractivity contribution is 0.585. The average molecular weight is 337 g/mol. The van der Waals surface area contributed by atoms with Gasteiger partial charge in [-0.3, -0.25) is 0 Å². The highest BCUT2D eigenvalue weighted by Gasteiger charge is 2.22. The van der Waals surface area contributed by atoms with Crippen molar-refractivity contribution >= 4 is 16.9 Å². The number of aromatic nitrogens is 4. The second kappa shape index (κ2) is 6.47. The fourth-order valence-corrected chi connectivity index (χ4v) is 3.52. The average Bonchev–Trinajstić information content (AvgIpc) is 2.96. The number of unbranched alkanes of at least 4 members (excludes halogenated alkanes) is 1. The monoisotopic (exact) mass is 337 g/mol. The van der Waals surface area contributed by atoms with Crippen LogP contribution in [0.2, 0.25) is 0 Å². The molecule has 0 aliphatic carbocycles. The van der Waals surface area contributed by atoms with E-state index in [1.54, 1.807) is 0 Å². The summed E-state index contributed by atoms with van der Waals surface area (Å²) in [4.78, 5) is 8.69. The van der Waals surface area contributed by atoms with Crippen LogP contribution in [-0.2, 0) is 6.54 Å². The molecular formula is C20H27N5. The Morgan fingerprint density at radius 2 is 1.52 bits per heavy atom. The van der Waals surface area contributed by atoms with Crippen molar-refractivity contribution in [3.05, 3.63) is 34.1 Å². The van der Waals surface area contributed by atoms with Gasteiger partial charge >= 0.3 is 0 Å². The van der Waals surface area contributed by atoms with Gasteiger partial charge in [-0.2, -0.15) is 5.10 Å². The first kappa shape index (κ1) is 17.4. The number of fused-ring (bicyclic) bond motifs is 1. The highest BCUT2D eigenvalue weighted by atomic mass is 15.3. The van der Waals surface area contributed by atoms with Crippen LogP contribution in [0.4, 0.5) is 5.82 Å². The minimum absolute atomic E-state index is 0.498. The molecular weight excluding hydrogens is 310 g/mol. The maximum atomic E-state index is 6.24. The summed E-state index contributed by atoms with van der Waals surface area (Å²) in [5.74, 6) is 0.498. The molecule has 0 amide bonds. The van der Waals surface area contributed by atoms with Crippen molar-refractivity contribution in [2.24, 2.45) is 0 Å². The molecule has 2 N–H and O–H groups in total. The summed E-state index contributed by atoms with van der Waals surface area (Å²) >= 11 is 0. The van der Waals surface area contributed by atoms with Crippen molar-refractivity contribution in [1.82, 2.24) is 19.7 Å². The summed E-state index contributed by atoms with van der Waals surface area (Å²) < 4.78 is 1.98. The number of benzene rings is 1. The van der Waals surface area contributed by atoms with E-state index >= 15 is 0 Å². The summed E-state index contributed by atoms with van der Waals surface area (Å²) in [6, 6.07) is 0. The van der Waals surface area contributed by atoms with Gasteiger partial charge in [0.05, 0.1) is 5.39 Å². The molecule has 0 saturated carbocycles. The van der Waals surface area contributed by atoms with Crippen molar-refractivity contribution in [3.63, 3.8) is 0 Å². The first-order chi connectivity index (χ1) is 11.9. The Morgan fingerprint density at radius 1 is 0.920 bits per heavy atom. The fraction of sp³-hybridized carbons (Fsp3) is 0.450. The first-order valence-corrected chi connectivity index (χ1v) is 8.92. The number of anilines is 1. The van der Waals surface area contributed by atoms with Crippen LogP contribution < -0.4 is 5.73 Å². The zero-order chi connectivity index (χ0) is 18.3. The van der Waals surface area contributed by atoms with Crippen LogP contribution in [-0.4, -0.2) is 19.7 Å². The van der Waals surface area contributed by atoms with Gasteiger partial charge in [-0.25, -0.2) is 14.6 Å². The third-order valence-electron chi connectivity index (χ3n) is 5.52. The number of hydrogen-bond donors (Lipinski definition) is 1. The maximum absolute atomic E-state index is 6.24. The molecule has 1 aromatic carbocycles. The Kier molecular flexibility index (Phi) is 4.50. The van der Waals surface area contributed by atoms with E-state index < -0.39 is 0 Å². The van der Waals surface area contributed by atoms with E-state index in [2.05, 4.69) is 51.5 Å². The number of rotatable bonds is 4. The zero-order valence-corrected chi connectivity index (χ0v) is 16.1. The summed E-state index contributed by atoms with van der Waals surface area (Å²) in [5.41, 5.74) is 15.6. The lowest BCUT2D eigenvalue weighted by atomic mass is 9.87. The van der Waals surface area contributed by atoms with E-state index in [0.29, 0.717) is 5.82 Å². The topological polar surface area (TPSA) is 69.6 Å². The maximum Gasteiger partial charge on any atom is 0.163 e. The van der Waals surface area contributed by atoms with Crippen LogP contribution in [0.3, 0.4) is 0 Å². The van der Waals surface area contributed by atoms with E-state index in [-0.39, 0.29) is 0 Å². The molecule has 0 radical (unpaired) electrons. The molecule has 0 aliphatic rings. The number of nitrogens with two attached hydrogens (primary N) is 1. The molecule has 0 fully saturated rings. The van der Waals surface area contributed by atoms with E-state index in [1.165, 1.54) is 39.7 Å². The second-order valence-electron chi connectivity index (χ2n) is 6.88. The van der Waals surface area contributed by atoms with Crippen LogP contribution in [0.5, 0.6) is 0 Å². The minimum Gasteiger partial charge on any atom is -0.383 e. The van der Waals surface area contributed by atoms with Crippen molar-refractivity contribution < 1.29 is 0 Å². The van der Waals surface area contributed by atoms with Gasteiger partial charge in [-0.1, -0.05) is 13.3 Å². The predicted octanol–water partition coefficient (Wildman–Crippen LogP) is 4.42. The Bertz CT molecular complexity index is 924. The summed E-state index contributed by atoms with van der Waals surface area (Å²) in [6.07, 6.45) is 3.69. The van der Waals surface area contributed by atoms with Crippen LogP contribution in [0.25, 0.3) is 22.3 Å². The third kappa shape index (κ3) is 2.68. The van der Waals surface area contributed by atoms with Crippen molar-refractivity contribution in [3.8, 4) is 11.3 Å². The Morgan fingerprint density at radius 3 is 2.12 bits per heavy atom. The summed E-state index contributed by atoms with van der Waals surface area (Å²) in [7, 11) is 0. The molecule has 2 aromatic heterocycles. The normalized spacial score (nSPS) is 11.4. The molecule has 2 heterocycles. The van der Waals surface area contributed by atoms with E-state index in [9.17, 15) is 0 Å². The van der Waals surface area contributed by atoms with Crippen LogP contribution in [0.1, 0.15) is 47.6 Å². The molecule has 0 aliphatic heterocycles. The molecule has 0 spiro atoms. The van der Waals surface area contributed by atoms with Crippen molar-refractivity contribution in [1.29, 1.82) is 0 Å². The Labute approximate surface area is 149 Å². The van der Waals surface area contributed by atoms with Gasteiger partial charge in [0.15, 0.2) is 5.65 Å². The molecule has 0 atom stereocenters. The standard InChI is InChI=1S/C20H27N5/c1-7-8-9-25-20-17(19(21)22-10-23-20)18(24-25)16-14(5)12(3)11(2)13(4)15(16)6/h10H,7-9H2,1-6H3,(H2,21,22,23). The highest BCUT2D eigenvalue weighted by molar-refractivity contribution is 5.99. The number of hydrogen-bond acceptors (Lipinski definition) is 4. The van der Waals surface area contributed by atoms with Gasteiger partial charge in [0.2, 0.25) is 0 Å². The van der Waals surface area contributed by atoms with Crippen LogP contribution in [0.15, 0.2) is 6.33 Å². The van der Waals surface area contributed by atoms with Gasteiger partial charge in [0.25, 0.3) is 0 Å². The van der Waals surface area contributed by atoms with Gasteiger partial charge in [-0.05, 0) is 68.9 Å². The number of nitrogen functional groups attached to an aromatic ring is 1. The first-order valence-electron chi connectivity index (χ1n) is 8.92. The van der Waals surface area contributed by atoms with E-state index in [0.717, 1.165) is 36.1 Å². The number of aryl methyl sites for hydroxylation is 1. The summed E-state index contributed by atoms with van der Waals surface area (Å²) in [6.45, 7) is 13.9. The van der Waals surface area contributed by atoms with Crippen LogP contribution in [0, 0.1) is 34.6 Å². The highest BCUT2D eigenvalue weighted by Crippen LogP contribution is 2.38. The van der Waals surface area contributed by atoms with Gasteiger partial charge in [0.1, 0.15) is 17.8 Å². The lowest BCUT2D eigenvalue weighted by Crippen LogP contribution is -2.02.